The van der Waals surface area contributed by atoms with Crippen LogP contribution in [0.4, 0.5) is 20.6 Å². The topological polar surface area (TPSA) is 82.1 Å². The highest BCUT2D eigenvalue weighted by Crippen LogP contribution is 2.28. The van der Waals surface area contributed by atoms with Crippen LogP contribution in [0.25, 0.3) is 0 Å². The van der Waals surface area contributed by atoms with Gasteiger partial charge in [0.15, 0.2) is 6.10 Å². The highest BCUT2D eigenvalue weighted by molar-refractivity contribution is 7.91. The monoisotopic (exact) mass is 412 g/mol. The molecule has 1 unspecified atom stereocenters. The number of hydrogen-bond acceptors (Lipinski definition) is 6. The molecule has 2 aliphatic heterocycles. The Morgan fingerprint density at radius 1 is 1.39 bits per heavy atom. The molecule has 2 heterocycles. The van der Waals surface area contributed by atoms with Gasteiger partial charge in [0.1, 0.15) is 23.9 Å². The molecule has 1 aromatic carbocycles. The van der Waals surface area contributed by atoms with E-state index in [0.717, 1.165) is 6.42 Å². The molecule has 1 aromatic rings. The smallest absolute Gasteiger partial charge is 0.414 e. The third-order valence-corrected chi connectivity index (χ3v) is 6.11. The first-order valence-electron chi connectivity index (χ1n) is 9.51. The number of cyclic esters (lactones) is 1. The molecular formula is C19H25FN2O5S. The largest absolute Gasteiger partial charge is 0.616 e. The van der Waals surface area contributed by atoms with Crippen LogP contribution in [0.15, 0.2) is 18.2 Å². The molecule has 0 spiro atoms. The SMILES string of the molecule is CCCC(=O)OC[C@H]1CN(c2ccc(N3CCC[S+]([O-])CC3)c(F)c2)C(=O)O1. The van der Waals surface area contributed by atoms with E-state index in [9.17, 15) is 18.5 Å². The summed E-state index contributed by atoms with van der Waals surface area (Å²) in [6.45, 7) is 3.26. The van der Waals surface area contributed by atoms with Gasteiger partial charge in [0, 0.05) is 19.4 Å². The number of hydrogen-bond donors (Lipinski definition) is 0. The van der Waals surface area contributed by atoms with Gasteiger partial charge in [-0.25, -0.2) is 9.18 Å². The molecule has 0 radical (unpaired) electrons. The lowest BCUT2D eigenvalue weighted by Gasteiger charge is -2.23. The van der Waals surface area contributed by atoms with E-state index in [2.05, 4.69) is 0 Å². The Morgan fingerprint density at radius 3 is 2.96 bits per heavy atom. The minimum atomic E-state index is -0.850. The lowest BCUT2D eigenvalue weighted by Crippen LogP contribution is -2.29. The van der Waals surface area contributed by atoms with E-state index in [-0.39, 0.29) is 19.1 Å². The van der Waals surface area contributed by atoms with Crippen molar-refractivity contribution in [2.45, 2.75) is 32.3 Å². The zero-order valence-corrected chi connectivity index (χ0v) is 16.7. The van der Waals surface area contributed by atoms with Gasteiger partial charge in [-0.1, -0.05) is 18.1 Å². The molecule has 1 amide bonds. The third kappa shape index (κ3) is 5.08. The number of carbonyl (C=O) groups is 2. The maximum absolute atomic E-state index is 14.7. The number of benzene rings is 1. The highest BCUT2D eigenvalue weighted by atomic mass is 32.2. The van der Waals surface area contributed by atoms with Crippen LogP contribution in [0, 0.1) is 5.82 Å². The molecule has 2 fully saturated rings. The Hall–Kier alpha value is -2.00. The van der Waals surface area contributed by atoms with Crippen molar-refractivity contribution in [3.05, 3.63) is 24.0 Å². The quantitative estimate of drug-likeness (QED) is 0.527. The molecule has 28 heavy (non-hydrogen) atoms. The summed E-state index contributed by atoms with van der Waals surface area (Å²) in [5.74, 6) is 0.402. The molecule has 7 nitrogen and oxygen atoms in total. The molecule has 154 valence electrons. The maximum Gasteiger partial charge on any atom is 0.414 e. The first-order valence-corrected chi connectivity index (χ1v) is 11.0. The van der Waals surface area contributed by atoms with Crippen molar-refractivity contribution < 1.29 is 28.0 Å². The minimum absolute atomic E-state index is 0.00738. The summed E-state index contributed by atoms with van der Waals surface area (Å²) in [7, 11) is 0. The van der Waals surface area contributed by atoms with Gasteiger partial charge >= 0.3 is 12.1 Å². The molecule has 2 aliphatic rings. The number of amides is 1. The van der Waals surface area contributed by atoms with E-state index in [4.69, 9.17) is 9.47 Å². The van der Waals surface area contributed by atoms with Gasteiger partial charge in [0.2, 0.25) is 0 Å². The Labute approximate surface area is 166 Å². The average Bonchev–Trinajstić information content (AvgIpc) is 2.90. The molecule has 2 atom stereocenters. The third-order valence-electron chi connectivity index (χ3n) is 4.73. The number of anilines is 2. The van der Waals surface area contributed by atoms with Crippen molar-refractivity contribution in [3.63, 3.8) is 0 Å². The fourth-order valence-electron chi connectivity index (χ4n) is 3.28. The Morgan fingerprint density at radius 2 is 2.21 bits per heavy atom. The second-order valence-corrected chi connectivity index (χ2v) is 8.57. The van der Waals surface area contributed by atoms with Crippen LogP contribution in [0.3, 0.4) is 0 Å². The van der Waals surface area contributed by atoms with Crippen LogP contribution in [0.1, 0.15) is 26.2 Å². The zero-order chi connectivity index (χ0) is 20.1. The lowest BCUT2D eigenvalue weighted by molar-refractivity contribution is -0.146. The number of esters is 1. The zero-order valence-electron chi connectivity index (χ0n) is 15.9. The average molecular weight is 412 g/mol. The normalized spacial score (nSPS) is 22.8. The molecule has 2 saturated heterocycles. The van der Waals surface area contributed by atoms with E-state index in [1.165, 1.54) is 11.0 Å². The molecule has 0 aromatic heterocycles. The van der Waals surface area contributed by atoms with E-state index in [1.807, 2.05) is 11.8 Å². The number of halogens is 1. The number of nitrogens with zero attached hydrogens (tertiary/aromatic N) is 2. The van der Waals surface area contributed by atoms with Crippen LogP contribution < -0.4 is 9.80 Å². The maximum atomic E-state index is 14.7. The van der Waals surface area contributed by atoms with Gasteiger partial charge in [-0.15, -0.1) is 0 Å². The van der Waals surface area contributed by atoms with Gasteiger partial charge in [-0.05, 0) is 24.6 Å². The Bertz CT molecular complexity index is 720. The Balaban J connectivity index is 1.63. The van der Waals surface area contributed by atoms with Crippen LogP contribution >= 0.6 is 0 Å². The van der Waals surface area contributed by atoms with E-state index in [0.29, 0.717) is 48.8 Å². The fraction of sp³-hybridized carbons (Fsp3) is 0.579. The van der Waals surface area contributed by atoms with Crippen LogP contribution in [0.5, 0.6) is 0 Å². The Kier molecular flexibility index (Phi) is 7.01. The van der Waals surface area contributed by atoms with Crippen molar-refractivity contribution >= 4 is 34.6 Å². The second-order valence-electron chi connectivity index (χ2n) is 6.87. The summed E-state index contributed by atoms with van der Waals surface area (Å²) in [5.41, 5.74) is 0.840. The minimum Gasteiger partial charge on any atom is -0.616 e. The van der Waals surface area contributed by atoms with Crippen LogP contribution in [-0.4, -0.2) is 60.5 Å². The van der Waals surface area contributed by atoms with Crippen molar-refractivity contribution in [1.82, 2.24) is 0 Å². The molecule has 0 aliphatic carbocycles. The van der Waals surface area contributed by atoms with Gasteiger partial charge in [0.05, 0.1) is 24.5 Å². The second kappa shape index (κ2) is 9.47. The van der Waals surface area contributed by atoms with Gasteiger partial charge in [-0.3, -0.25) is 9.69 Å². The van der Waals surface area contributed by atoms with Gasteiger partial charge in [0.25, 0.3) is 0 Å². The fourth-order valence-corrected chi connectivity index (χ4v) is 4.36. The summed E-state index contributed by atoms with van der Waals surface area (Å²) in [6, 6.07) is 4.62. The molecular weight excluding hydrogens is 387 g/mol. The van der Waals surface area contributed by atoms with Crippen molar-refractivity contribution in [3.8, 4) is 0 Å². The van der Waals surface area contributed by atoms with Crippen molar-refractivity contribution in [1.29, 1.82) is 0 Å². The highest BCUT2D eigenvalue weighted by Gasteiger charge is 2.33. The summed E-state index contributed by atoms with van der Waals surface area (Å²) < 4.78 is 36.7. The van der Waals surface area contributed by atoms with Crippen molar-refractivity contribution in [2.75, 3.05) is 47.5 Å². The van der Waals surface area contributed by atoms with Crippen LogP contribution in [-0.2, 0) is 25.4 Å². The van der Waals surface area contributed by atoms with E-state index >= 15 is 0 Å². The van der Waals surface area contributed by atoms with Crippen LogP contribution in [0.2, 0.25) is 0 Å². The summed E-state index contributed by atoms with van der Waals surface area (Å²) >= 11 is -0.850. The first kappa shape index (κ1) is 20.7. The standard InChI is InChI=1S/C19H25FN2O5S/c1-2-4-18(23)26-13-15-12-22(19(24)27-15)14-5-6-17(16(20)11-14)21-7-3-9-28(25)10-8-21/h5-6,11,15H,2-4,7-10,12-13H2,1H3/t15-,28?/m1/s1. The molecule has 9 heteroatoms. The summed E-state index contributed by atoms with van der Waals surface area (Å²) in [4.78, 5) is 26.8. The first-order chi connectivity index (χ1) is 13.5. The molecule has 0 N–H and O–H groups in total. The predicted octanol–water partition coefficient (Wildman–Crippen LogP) is 2.45. The molecule has 0 bridgehead atoms. The summed E-state index contributed by atoms with van der Waals surface area (Å²) in [6.07, 6.45) is 0.602. The van der Waals surface area contributed by atoms with Gasteiger partial charge in [-0.2, -0.15) is 0 Å². The number of carbonyl (C=O) groups excluding carboxylic acids is 2. The lowest BCUT2D eigenvalue weighted by atomic mass is 10.2. The number of rotatable bonds is 6. The van der Waals surface area contributed by atoms with Crippen molar-refractivity contribution in [2.24, 2.45) is 0 Å². The molecule has 3 rings (SSSR count). The number of ether oxygens (including phenoxy) is 2. The molecule has 0 saturated carbocycles. The van der Waals surface area contributed by atoms with E-state index < -0.39 is 29.2 Å². The summed E-state index contributed by atoms with van der Waals surface area (Å²) in [5, 5.41) is 0. The van der Waals surface area contributed by atoms with Gasteiger partial charge < -0.3 is 18.9 Å². The predicted molar refractivity (Wildman–Crippen MR) is 105 cm³/mol. The van der Waals surface area contributed by atoms with E-state index in [1.54, 1.807) is 12.1 Å².